The van der Waals surface area contributed by atoms with Crippen LogP contribution in [0.4, 0.5) is 5.69 Å². The number of hydrogen-bond donors (Lipinski definition) is 0. The molecule has 0 spiro atoms. The number of nitro groups is 1. The number of fused-ring (bicyclic) bond motifs is 1. The summed E-state index contributed by atoms with van der Waals surface area (Å²) in [5.41, 5.74) is 0.0601. The van der Waals surface area contributed by atoms with Crippen LogP contribution >= 0.6 is 11.6 Å². The lowest BCUT2D eigenvalue weighted by Crippen LogP contribution is -2.50. The third-order valence-corrected chi connectivity index (χ3v) is 8.38. The highest BCUT2D eigenvalue weighted by molar-refractivity contribution is 7.89. The topological polar surface area (TPSA) is 119 Å². The van der Waals surface area contributed by atoms with Crippen molar-refractivity contribution in [2.45, 2.75) is 24.3 Å². The number of piperazine rings is 1. The summed E-state index contributed by atoms with van der Waals surface area (Å²) < 4.78 is 29.1. The van der Waals surface area contributed by atoms with Gasteiger partial charge in [0.05, 0.1) is 26.8 Å². The Morgan fingerprint density at radius 3 is 2.47 bits per heavy atom. The molecule has 2 heterocycles. The highest BCUT2D eigenvalue weighted by Gasteiger charge is 2.33. The van der Waals surface area contributed by atoms with Crippen LogP contribution in [0.2, 0.25) is 5.02 Å². The van der Waals surface area contributed by atoms with Gasteiger partial charge in [-0.1, -0.05) is 30.7 Å². The second kappa shape index (κ2) is 9.41. The van der Waals surface area contributed by atoms with E-state index in [1.165, 1.54) is 16.4 Å². The fourth-order valence-corrected chi connectivity index (χ4v) is 5.96. The summed E-state index contributed by atoms with van der Waals surface area (Å²) in [6, 6.07) is 10.5. The first-order chi connectivity index (χ1) is 16.1. The Hall–Kier alpha value is -2.86. The summed E-state index contributed by atoms with van der Waals surface area (Å²) >= 11 is 5.83. The average molecular weight is 506 g/mol. The fourth-order valence-electron chi connectivity index (χ4n) is 4.33. The maximum Gasteiger partial charge on any atom is 0.289 e. The van der Waals surface area contributed by atoms with Gasteiger partial charge in [-0.15, -0.1) is 0 Å². The third-order valence-electron chi connectivity index (χ3n) is 6.17. The molecule has 1 fully saturated rings. The molecule has 12 heteroatoms. The number of aromatic nitrogens is 2. The van der Waals surface area contributed by atoms with Gasteiger partial charge >= 0.3 is 0 Å². The van der Waals surface area contributed by atoms with Crippen LogP contribution in [0.3, 0.4) is 0 Å². The number of para-hydroxylation sites is 1. The predicted molar refractivity (Wildman–Crippen MR) is 128 cm³/mol. The van der Waals surface area contributed by atoms with E-state index in [-0.39, 0.29) is 34.6 Å². The monoisotopic (exact) mass is 505 g/mol. The van der Waals surface area contributed by atoms with Crippen LogP contribution in [0.25, 0.3) is 10.9 Å². The number of halogens is 1. The lowest BCUT2D eigenvalue weighted by molar-refractivity contribution is -0.384. The highest BCUT2D eigenvalue weighted by Crippen LogP contribution is 2.30. The largest absolute Gasteiger partial charge is 0.298 e. The molecule has 2 aromatic carbocycles. The van der Waals surface area contributed by atoms with Gasteiger partial charge in [0.15, 0.2) is 0 Å². The van der Waals surface area contributed by atoms with Gasteiger partial charge in [0.1, 0.15) is 10.8 Å². The van der Waals surface area contributed by atoms with E-state index in [9.17, 15) is 23.3 Å². The molecule has 4 rings (SSSR count). The molecule has 1 aliphatic heterocycles. The lowest BCUT2D eigenvalue weighted by Gasteiger charge is -2.38. The molecule has 0 aliphatic carbocycles. The molecule has 0 radical (unpaired) electrons. The summed E-state index contributed by atoms with van der Waals surface area (Å²) in [7, 11) is -2.22. The maximum atomic E-state index is 13.1. The highest BCUT2D eigenvalue weighted by atomic mass is 35.5. The van der Waals surface area contributed by atoms with Crippen LogP contribution in [-0.4, -0.2) is 58.3 Å². The van der Waals surface area contributed by atoms with Crippen molar-refractivity contribution in [2.75, 3.05) is 26.2 Å². The minimum absolute atomic E-state index is 0.118. The quantitative estimate of drug-likeness (QED) is 0.373. The van der Waals surface area contributed by atoms with E-state index in [0.29, 0.717) is 36.2 Å². The zero-order chi connectivity index (χ0) is 24.6. The molecule has 0 bridgehead atoms. The van der Waals surface area contributed by atoms with E-state index < -0.39 is 20.6 Å². The van der Waals surface area contributed by atoms with Gasteiger partial charge in [0.2, 0.25) is 10.0 Å². The van der Waals surface area contributed by atoms with Crippen LogP contribution in [0.5, 0.6) is 0 Å². The van der Waals surface area contributed by atoms with E-state index in [0.717, 1.165) is 6.07 Å². The SMILES string of the molecule is CCC(c1nc2ccccc2c(=O)n1C)N1CCN(S(=O)(=O)c2ccc(Cl)c([N+](=O)[O-])c2)CC1. The van der Waals surface area contributed by atoms with Crippen LogP contribution in [0.1, 0.15) is 25.2 Å². The van der Waals surface area contributed by atoms with Crippen LogP contribution in [-0.2, 0) is 17.1 Å². The van der Waals surface area contributed by atoms with E-state index in [4.69, 9.17) is 16.6 Å². The number of sulfonamides is 1. The third kappa shape index (κ3) is 4.31. The number of hydrogen-bond acceptors (Lipinski definition) is 7. The lowest BCUT2D eigenvalue weighted by atomic mass is 10.1. The molecule has 1 unspecified atom stereocenters. The second-order valence-electron chi connectivity index (χ2n) is 8.09. The van der Waals surface area contributed by atoms with Gasteiger partial charge in [-0.3, -0.25) is 24.4 Å². The summed E-state index contributed by atoms with van der Waals surface area (Å²) in [6.07, 6.45) is 0.689. The number of rotatable bonds is 6. The number of nitro benzene ring substituents is 1. The average Bonchev–Trinajstić information content (AvgIpc) is 2.83. The van der Waals surface area contributed by atoms with Crippen molar-refractivity contribution < 1.29 is 13.3 Å². The van der Waals surface area contributed by atoms with Gasteiger partial charge in [-0.05, 0) is 30.7 Å². The molecular formula is C22H24ClN5O5S. The molecule has 34 heavy (non-hydrogen) atoms. The first-order valence-electron chi connectivity index (χ1n) is 10.8. The molecule has 1 aromatic heterocycles. The minimum Gasteiger partial charge on any atom is -0.298 e. The van der Waals surface area contributed by atoms with Crippen molar-refractivity contribution in [2.24, 2.45) is 7.05 Å². The first-order valence-corrected chi connectivity index (χ1v) is 12.6. The van der Waals surface area contributed by atoms with Crippen LogP contribution < -0.4 is 5.56 Å². The van der Waals surface area contributed by atoms with E-state index in [1.54, 1.807) is 23.7 Å². The Kier molecular flexibility index (Phi) is 6.72. The van der Waals surface area contributed by atoms with Gasteiger partial charge in [0, 0.05) is 39.3 Å². The molecule has 0 saturated carbocycles. The summed E-state index contributed by atoms with van der Waals surface area (Å²) in [4.78, 5) is 30.0. The standard InChI is InChI=1S/C22H24ClN5O5S/c1-3-19(21-24-18-7-5-4-6-16(18)22(29)25(21)2)26-10-12-27(13-11-26)34(32,33)15-8-9-17(23)20(14-15)28(30)31/h4-9,14,19H,3,10-13H2,1-2H3. The minimum atomic E-state index is -3.93. The smallest absolute Gasteiger partial charge is 0.289 e. The Labute approximate surface area is 201 Å². The summed E-state index contributed by atoms with van der Waals surface area (Å²) in [5, 5.41) is 11.6. The van der Waals surface area contributed by atoms with Crippen molar-refractivity contribution in [1.82, 2.24) is 18.8 Å². The van der Waals surface area contributed by atoms with Gasteiger partial charge in [-0.2, -0.15) is 4.31 Å². The Morgan fingerprint density at radius 2 is 1.82 bits per heavy atom. The van der Waals surface area contributed by atoms with Crippen molar-refractivity contribution in [3.8, 4) is 0 Å². The summed E-state index contributed by atoms with van der Waals surface area (Å²) in [5.74, 6) is 0.635. The predicted octanol–water partition coefficient (Wildman–Crippen LogP) is 2.95. The molecule has 0 N–H and O–H groups in total. The second-order valence-corrected chi connectivity index (χ2v) is 10.4. The Balaban J connectivity index is 1.57. The van der Waals surface area contributed by atoms with Gasteiger partial charge < -0.3 is 0 Å². The number of nitrogens with zero attached hydrogens (tertiary/aromatic N) is 5. The Morgan fingerprint density at radius 1 is 1.15 bits per heavy atom. The first kappa shape index (κ1) is 24.3. The zero-order valence-corrected chi connectivity index (χ0v) is 20.3. The molecule has 1 saturated heterocycles. The van der Waals surface area contributed by atoms with Crippen molar-refractivity contribution in [1.29, 1.82) is 0 Å². The van der Waals surface area contributed by atoms with Gasteiger partial charge in [0.25, 0.3) is 11.2 Å². The Bertz CT molecular complexity index is 1420. The summed E-state index contributed by atoms with van der Waals surface area (Å²) in [6.45, 7) is 3.27. The van der Waals surface area contributed by atoms with Crippen LogP contribution in [0, 0.1) is 10.1 Å². The van der Waals surface area contributed by atoms with E-state index in [2.05, 4.69) is 4.90 Å². The molecule has 1 aliphatic rings. The van der Waals surface area contributed by atoms with Crippen molar-refractivity contribution in [3.63, 3.8) is 0 Å². The zero-order valence-electron chi connectivity index (χ0n) is 18.7. The maximum absolute atomic E-state index is 13.1. The van der Waals surface area contributed by atoms with E-state index in [1.807, 2.05) is 19.1 Å². The molecule has 10 nitrogen and oxygen atoms in total. The van der Waals surface area contributed by atoms with E-state index >= 15 is 0 Å². The van der Waals surface area contributed by atoms with Crippen molar-refractivity contribution in [3.05, 3.63) is 73.8 Å². The normalized spacial score (nSPS) is 16.6. The van der Waals surface area contributed by atoms with Crippen LogP contribution in [0.15, 0.2) is 52.2 Å². The molecule has 180 valence electrons. The fraction of sp³-hybridized carbons (Fsp3) is 0.364. The molecule has 3 aromatic rings. The molecule has 1 atom stereocenters. The molecular weight excluding hydrogens is 482 g/mol. The number of benzene rings is 2. The van der Waals surface area contributed by atoms with Gasteiger partial charge in [-0.25, -0.2) is 13.4 Å². The molecule has 0 amide bonds. The van der Waals surface area contributed by atoms with Crippen molar-refractivity contribution >= 4 is 38.2 Å².